The fraction of sp³-hybridized carbons (Fsp3) is 0.200. The van der Waals surface area contributed by atoms with Crippen LogP contribution in [0.2, 0.25) is 0 Å². The van der Waals surface area contributed by atoms with Gasteiger partial charge in [0.25, 0.3) is 5.91 Å². The lowest BCUT2D eigenvalue weighted by Crippen LogP contribution is -2.17. The van der Waals surface area contributed by atoms with Crippen molar-refractivity contribution in [2.45, 2.75) is 26.9 Å². The smallest absolute Gasteiger partial charge is 0.361 e. The number of hydrogen-bond acceptors (Lipinski definition) is 7. The van der Waals surface area contributed by atoms with Crippen molar-refractivity contribution >= 4 is 33.5 Å². The molecular formula is C20H18BrN7O4. The van der Waals surface area contributed by atoms with Gasteiger partial charge in [-0.3, -0.25) is 9.48 Å². The average molecular weight is 500 g/mol. The number of carbonyl (C=O) groups is 1. The maximum atomic E-state index is 12.9. The SMILES string of the molecule is Cc1cccc(Cn2cc(Br)c(NC(=O)c3noc(C)c3Cn3ccc([N+](=O)[O-])n3)n2)c1. The van der Waals surface area contributed by atoms with Crippen LogP contribution in [0.3, 0.4) is 0 Å². The van der Waals surface area contributed by atoms with E-state index in [-0.39, 0.29) is 18.1 Å². The Morgan fingerprint density at radius 1 is 1.22 bits per heavy atom. The van der Waals surface area contributed by atoms with Gasteiger partial charge in [0.2, 0.25) is 0 Å². The van der Waals surface area contributed by atoms with E-state index in [1.54, 1.807) is 17.8 Å². The van der Waals surface area contributed by atoms with Crippen LogP contribution < -0.4 is 5.32 Å². The van der Waals surface area contributed by atoms with E-state index in [0.717, 1.165) is 11.1 Å². The lowest BCUT2D eigenvalue weighted by Gasteiger charge is -2.04. The number of aryl methyl sites for hydroxylation is 2. The van der Waals surface area contributed by atoms with Gasteiger partial charge in [0.05, 0.1) is 40.5 Å². The van der Waals surface area contributed by atoms with Crippen molar-refractivity contribution < 1.29 is 14.2 Å². The number of amides is 1. The van der Waals surface area contributed by atoms with Crippen LogP contribution in [0.25, 0.3) is 0 Å². The van der Waals surface area contributed by atoms with Gasteiger partial charge in [-0.15, -0.1) is 0 Å². The van der Waals surface area contributed by atoms with Crippen LogP contribution >= 0.6 is 15.9 Å². The standard InChI is InChI=1S/C20H18BrN7O4/c1-12-4-3-5-14(8-12)9-27-11-16(21)19(24-27)22-20(29)18-15(13(2)32-25-18)10-26-7-6-17(23-26)28(30)31/h3-8,11H,9-10H2,1-2H3,(H,22,24,29). The Morgan fingerprint density at radius 2 is 2.03 bits per heavy atom. The molecule has 0 aliphatic rings. The molecule has 0 aliphatic heterocycles. The summed E-state index contributed by atoms with van der Waals surface area (Å²) < 4.78 is 8.86. The summed E-state index contributed by atoms with van der Waals surface area (Å²) in [5.74, 6) is -0.0467. The van der Waals surface area contributed by atoms with Crippen molar-refractivity contribution in [3.63, 3.8) is 0 Å². The molecule has 32 heavy (non-hydrogen) atoms. The van der Waals surface area contributed by atoms with Crippen LogP contribution in [0, 0.1) is 24.0 Å². The average Bonchev–Trinajstić information content (AvgIpc) is 3.43. The van der Waals surface area contributed by atoms with Crippen molar-refractivity contribution in [1.29, 1.82) is 0 Å². The highest BCUT2D eigenvalue weighted by molar-refractivity contribution is 9.10. The van der Waals surface area contributed by atoms with Crippen LogP contribution in [0.5, 0.6) is 0 Å². The minimum absolute atomic E-state index is 0.0563. The summed E-state index contributed by atoms with van der Waals surface area (Å²) in [4.78, 5) is 23.1. The summed E-state index contributed by atoms with van der Waals surface area (Å²) in [6, 6.07) is 9.35. The molecule has 0 saturated carbocycles. The van der Waals surface area contributed by atoms with Gasteiger partial charge in [0.1, 0.15) is 5.76 Å². The molecule has 0 radical (unpaired) electrons. The highest BCUT2D eigenvalue weighted by Crippen LogP contribution is 2.23. The summed E-state index contributed by atoms with van der Waals surface area (Å²) in [7, 11) is 0. The molecule has 4 aromatic rings. The number of benzene rings is 1. The summed E-state index contributed by atoms with van der Waals surface area (Å²) in [5.41, 5.74) is 2.76. The van der Waals surface area contributed by atoms with Crippen LogP contribution in [-0.4, -0.2) is 35.5 Å². The van der Waals surface area contributed by atoms with E-state index in [0.29, 0.717) is 28.2 Å². The molecule has 12 heteroatoms. The Morgan fingerprint density at radius 3 is 2.75 bits per heavy atom. The zero-order chi connectivity index (χ0) is 22.8. The summed E-state index contributed by atoms with van der Waals surface area (Å²) in [6.45, 7) is 4.31. The van der Waals surface area contributed by atoms with Crippen LogP contribution in [0.1, 0.15) is 32.9 Å². The van der Waals surface area contributed by atoms with Crippen molar-refractivity contribution in [1.82, 2.24) is 24.7 Å². The van der Waals surface area contributed by atoms with Crippen molar-refractivity contribution in [3.05, 3.63) is 85.5 Å². The molecular weight excluding hydrogens is 482 g/mol. The van der Waals surface area contributed by atoms with Gasteiger partial charge >= 0.3 is 5.82 Å². The van der Waals surface area contributed by atoms with Gasteiger partial charge in [0.15, 0.2) is 11.5 Å². The van der Waals surface area contributed by atoms with E-state index in [4.69, 9.17) is 4.52 Å². The van der Waals surface area contributed by atoms with Gasteiger partial charge in [0, 0.05) is 6.20 Å². The van der Waals surface area contributed by atoms with Gasteiger partial charge < -0.3 is 20.0 Å². The molecule has 11 nitrogen and oxygen atoms in total. The fourth-order valence-electron chi connectivity index (χ4n) is 3.18. The number of aromatic nitrogens is 5. The maximum Gasteiger partial charge on any atom is 0.389 e. The summed E-state index contributed by atoms with van der Waals surface area (Å²) in [6.07, 6.45) is 3.23. The molecule has 0 aliphatic carbocycles. The number of rotatable bonds is 7. The van der Waals surface area contributed by atoms with E-state index in [9.17, 15) is 14.9 Å². The highest BCUT2D eigenvalue weighted by atomic mass is 79.9. The quantitative estimate of drug-likeness (QED) is 0.302. The molecule has 0 unspecified atom stereocenters. The first-order valence-corrected chi connectivity index (χ1v) is 10.3. The number of carbonyl (C=O) groups excluding carboxylic acids is 1. The number of hydrogen-bond donors (Lipinski definition) is 1. The third-order valence-corrected chi connectivity index (χ3v) is 5.29. The minimum atomic E-state index is -0.588. The van der Waals surface area contributed by atoms with Crippen LogP contribution in [0.15, 0.2) is 51.7 Å². The zero-order valence-corrected chi connectivity index (χ0v) is 18.7. The van der Waals surface area contributed by atoms with Gasteiger partial charge in [-0.2, -0.15) is 9.78 Å². The monoisotopic (exact) mass is 499 g/mol. The Labute approximate surface area is 190 Å². The second-order valence-corrected chi connectivity index (χ2v) is 8.02. The van der Waals surface area contributed by atoms with Gasteiger partial charge in [-0.05, 0) is 40.3 Å². The number of nitrogens with one attached hydrogen (secondary N) is 1. The van der Waals surface area contributed by atoms with Gasteiger partial charge in [-0.1, -0.05) is 35.0 Å². The molecule has 0 saturated heterocycles. The largest absolute Gasteiger partial charge is 0.389 e. The maximum absolute atomic E-state index is 12.9. The second kappa shape index (κ2) is 8.75. The molecule has 3 aromatic heterocycles. The predicted molar refractivity (Wildman–Crippen MR) is 117 cm³/mol. The Bertz CT molecular complexity index is 1310. The Hall–Kier alpha value is -3.80. The molecule has 0 atom stereocenters. The molecule has 0 spiro atoms. The van der Waals surface area contributed by atoms with Crippen molar-refractivity contribution in [2.75, 3.05) is 5.32 Å². The highest BCUT2D eigenvalue weighted by Gasteiger charge is 2.23. The molecule has 3 heterocycles. The van der Waals surface area contributed by atoms with E-state index in [2.05, 4.69) is 42.7 Å². The fourth-order valence-corrected chi connectivity index (χ4v) is 3.60. The number of anilines is 1. The lowest BCUT2D eigenvalue weighted by molar-refractivity contribution is -0.389. The van der Waals surface area contributed by atoms with Crippen LogP contribution in [0.4, 0.5) is 11.6 Å². The normalized spacial score (nSPS) is 11.0. The zero-order valence-electron chi connectivity index (χ0n) is 17.1. The summed E-state index contributed by atoms with van der Waals surface area (Å²) >= 11 is 3.42. The van der Waals surface area contributed by atoms with Gasteiger partial charge in [-0.25, -0.2) is 0 Å². The van der Waals surface area contributed by atoms with E-state index >= 15 is 0 Å². The first kappa shape index (κ1) is 21.4. The van der Waals surface area contributed by atoms with Crippen molar-refractivity contribution in [3.8, 4) is 0 Å². The number of nitro groups is 1. The van der Waals surface area contributed by atoms with Crippen molar-refractivity contribution in [2.24, 2.45) is 0 Å². The number of nitrogens with zero attached hydrogens (tertiary/aromatic N) is 6. The number of halogens is 1. The van der Waals surface area contributed by atoms with E-state index < -0.39 is 10.8 Å². The molecule has 0 fully saturated rings. The lowest BCUT2D eigenvalue weighted by atomic mass is 10.1. The molecule has 1 amide bonds. The van der Waals surface area contributed by atoms with E-state index in [1.807, 2.05) is 25.1 Å². The molecule has 164 valence electrons. The topological polar surface area (TPSA) is 134 Å². The molecule has 0 bridgehead atoms. The first-order valence-electron chi connectivity index (χ1n) is 9.53. The molecule has 4 rings (SSSR count). The Kier molecular flexibility index (Phi) is 5.86. The first-order chi connectivity index (χ1) is 15.3. The Balaban J connectivity index is 1.51. The summed E-state index contributed by atoms with van der Waals surface area (Å²) in [5, 5.41) is 25.7. The predicted octanol–water partition coefficient (Wildman–Crippen LogP) is 3.70. The van der Waals surface area contributed by atoms with E-state index in [1.165, 1.54) is 16.9 Å². The molecule has 1 aromatic carbocycles. The molecule has 1 N–H and O–H groups in total. The minimum Gasteiger partial charge on any atom is -0.361 e. The van der Waals surface area contributed by atoms with Crippen LogP contribution in [-0.2, 0) is 13.1 Å². The third-order valence-electron chi connectivity index (χ3n) is 4.71. The third kappa shape index (κ3) is 4.59. The second-order valence-electron chi connectivity index (χ2n) is 7.16.